The van der Waals surface area contributed by atoms with Crippen molar-refractivity contribution in [2.24, 2.45) is 0 Å². The highest BCUT2D eigenvalue weighted by Crippen LogP contribution is 2.29. The van der Waals surface area contributed by atoms with Gasteiger partial charge in [-0.15, -0.1) is 0 Å². The molecule has 9 heteroatoms. The summed E-state index contributed by atoms with van der Waals surface area (Å²) in [6.45, 7) is 2.20. The third-order valence-corrected chi connectivity index (χ3v) is 6.63. The maximum absolute atomic E-state index is 12.2. The first-order valence-electron chi connectivity index (χ1n) is 9.44. The van der Waals surface area contributed by atoms with E-state index in [0.29, 0.717) is 17.0 Å². The third-order valence-electron chi connectivity index (χ3n) is 5.39. The van der Waals surface area contributed by atoms with Gasteiger partial charge in [-0.05, 0) is 43.3 Å². The Kier molecular flexibility index (Phi) is 4.38. The van der Waals surface area contributed by atoms with Crippen molar-refractivity contribution < 1.29 is 8.42 Å². The fourth-order valence-electron chi connectivity index (χ4n) is 4.13. The van der Waals surface area contributed by atoms with E-state index < -0.39 is 9.84 Å². The summed E-state index contributed by atoms with van der Waals surface area (Å²) >= 11 is 6.19. The lowest BCUT2D eigenvalue weighted by atomic mass is 10.2. The molecule has 2 aromatic heterocycles. The van der Waals surface area contributed by atoms with Gasteiger partial charge in [0.25, 0.3) is 0 Å². The molecule has 1 atom stereocenters. The fourth-order valence-corrected chi connectivity index (χ4v) is 5.11. The molecule has 0 unspecified atom stereocenters. The summed E-state index contributed by atoms with van der Waals surface area (Å²) in [5.74, 6) is 0.837. The number of fused-ring (bicyclic) bond motifs is 2. The second-order valence-corrected chi connectivity index (χ2v) is 9.80. The van der Waals surface area contributed by atoms with Gasteiger partial charge in [-0.1, -0.05) is 23.7 Å². The van der Waals surface area contributed by atoms with Crippen LogP contribution in [0, 0.1) is 0 Å². The second-order valence-electron chi connectivity index (χ2n) is 7.43. The molecule has 0 aliphatic carbocycles. The molecular weight excluding hydrogens is 410 g/mol. The first kappa shape index (κ1) is 18.6. The van der Waals surface area contributed by atoms with Crippen LogP contribution in [0.3, 0.4) is 0 Å². The van der Waals surface area contributed by atoms with Crippen molar-refractivity contribution in [3.05, 3.63) is 53.3 Å². The average Bonchev–Trinajstić information content (AvgIpc) is 3.38. The normalized spacial score (nSPS) is 17.5. The maximum atomic E-state index is 12.2. The predicted molar refractivity (Wildman–Crippen MR) is 113 cm³/mol. The molecule has 0 saturated carbocycles. The molecule has 2 aromatic carbocycles. The maximum Gasteiger partial charge on any atom is 0.195 e. The summed E-state index contributed by atoms with van der Waals surface area (Å²) in [6.07, 6.45) is 2.20. The van der Waals surface area contributed by atoms with Crippen LogP contribution in [0.4, 0.5) is 0 Å². The zero-order valence-corrected chi connectivity index (χ0v) is 17.4. The summed E-state index contributed by atoms with van der Waals surface area (Å²) in [4.78, 5) is 4.83. The monoisotopic (exact) mass is 429 g/mol. The number of hydrogen-bond acceptors (Lipinski definition) is 5. The molecule has 3 heterocycles. The first-order valence-corrected chi connectivity index (χ1v) is 11.7. The molecule has 0 spiro atoms. The summed E-state index contributed by atoms with van der Waals surface area (Å²) < 4.78 is 28.5. The van der Waals surface area contributed by atoms with E-state index in [4.69, 9.17) is 16.6 Å². The van der Waals surface area contributed by atoms with E-state index in [0.717, 1.165) is 41.9 Å². The number of sulfone groups is 1. The Morgan fingerprint density at radius 1 is 1.21 bits per heavy atom. The number of rotatable bonds is 4. The van der Waals surface area contributed by atoms with Gasteiger partial charge in [-0.25, -0.2) is 13.4 Å². The zero-order valence-electron chi connectivity index (χ0n) is 15.8. The quantitative estimate of drug-likeness (QED) is 0.539. The SMILES string of the molecule is CS(=O)(=O)c1nn(Cc2nc3cc(Cl)ccc3n2[C@@H]2CCNC2)c2ccccc12. The van der Waals surface area contributed by atoms with E-state index in [9.17, 15) is 8.42 Å². The Labute approximate surface area is 173 Å². The number of nitrogens with zero attached hydrogens (tertiary/aromatic N) is 4. The van der Waals surface area contributed by atoms with Crippen molar-refractivity contribution in [1.29, 1.82) is 0 Å². The molecule has 5 rings (SSSR count). The first-order chi connectivity index (χ1) is 13.9. The van der Waals surface area contributed by atoms with E-state index in [2.05, 4.69) is 15.0 Å². The molecule has 1 N–H and O–H groups in total. The van der Waals surface area contributed by atoms with E-state index in [1.807, 2.05) is 36.4 Å². The summed E-state index contributed by atoms with van der Waals surface area (Å²) in [5.41, 5.74) is 2.63. The minimum absolute atomic E-state index is 0.0985. The van der Waals surface area contributed by atoms with E-state index >= 15 is 0 Å². The Balaban J connectivity index is 1.69. The van der Waals surface area contributed by atoms with Gasteiger partial charge in [-0.2, -0.15) is 5.10 Å². The van der Waals surface area contributed by atoms with Gasteiger partial charge in [0.1, 0.15) is 5.82 Å². The van der Waals surface area contributed by atoms with Crippen molar-refractivity contribution in [3.8, 4) is 0 Å². The van der Waals surface area contributed by atoms with Crippen LogP contribution in [-0.2, 0) is 16.4 Å². The van der Waals surface area contributed by atoms with E-state index in [-0.39, 0.29) is 11.1 Å². The largest absolute Gasteiger partial charge is 0.322 e. The average molecular weight is 430 g/mol. The lowest BCUT2D eigenvalue weighted by Gasteiger charge is -2.16. The van der Waals surface area contributed by atoms with Gasteiger partial charge in [0, 0.05) is 29.3 Å². The van der Waals surface area contributed by atoms with Crippen LogP contribution in [0.2, 0.25) is 5.02 Å². The Morgan fingerprint density at radius 2 is 2.03 bits per heavy atom. The molecule has 1 aliphatic heterocycles. The number of nitrogens with one attached hydrogen (secondary N) is 1. The van der Waals surface area contributed by atoms with Crippen LogP contribution in [0.1, 0.15) is 18.3 Å². The van der Waals surface area contributed by atoms with Gasteiger partial charge >= 0.3 is 0 Å². The van der Waals surface area contributed by atoms with Crippen LogP contribution >= 0.6 is 11.6 Å². The Bertz CT molecular complexity index is 1340. The minimum Gasteiger partial charge on any atom is -0.322 e. The molecule has 0 amide bonds. The molecule has 7 nitrogen and oxygen atoms in total. The van der Waals surface area contributed by atoms with Gasteiger partial charge in [0.2, 0.25) is 0 Å². The second kappa shape index (κ2) is 6.83. The smallest absolute Gasteiger partial charge is 0.195 e. The minimum atomic E-state index is -3.44. The highest BCUT2D eigenvalue weighted by molar-refractivity contribution is 7.90. The van der Waals surface area contributed by atoms with Crippen molar-refractivity contribution in [2.75, 3.05) is 19.3 Å². The van der Waals surface area contributed by atoms with Gasteiger partial charge in [0.15, 0.2) is 14.9 Å². The molecule has 1 saturated heterocycles. The number of aromatic nitrogens is 4. The van der Waals surface area contributed by atoms with Crippen LogP contribution in [0.25, 0.3) is 21.9 Å². The number of imidazole rings is 1. The third kappa shape index (κ3) is 3.21. The number of hydrogen-bond donors (Lipinski definition) is 1. The van der Waals surface area contributed by atoms with Crippen LogP contribution in [0.5, 0.6) is 0 Å². The Hall–Kier alpha value is -2.42. The number of para-hydroxylation sites is 1. The van der Waals surface area contributed by atoms with Crippen LogP contribution in [-0.4, -0.2) is 47.1 Å². The number of benzene rings is 2. The highest BCUT2D eigenvalue weighted by atomic mass is 35.5. The Morgan fingerprint density at radius 3 is 2.79 bits per heavy atom. The topological polar surface area (TPSA) is 81.8 Å². The summed E-state index contributed by atoms with van der Waals surface area (Å²) in [6, 6.07) is 13.4. The predicted octanol–water partition coefficient (Wildman–Crippen LogP) is 3.03. The fraction of sp³-hybridized carbons (Fsp3) is 0.300. The van der Waals surface area contributed by atoms with Crippen molar-refractivity contribution in [2.45, 2.75) is 24.0 Å². The standard InChI is InChI=1S/C20H20ClN5O2S/c1-29(27,28)20-15-4-2-3-5-17(15)25(24-20)12-19-23-16-10-13(21)6-7-18(16)26(19)14-8-9-22-11-14/h2-7,10,14,22H,8-9,11-12H2,1H3/t14-/m1/s1. The molecule has 1 aliphatic rings. The number of halogens is 1. The molecule has 0 bridgehead atoms. The summed E-state index contributed by atoms with van der Waals surface area (Å²) in [5, 5.41) is 9.22. The highest BCUT2D eigenvalue weighted by Gasteiger charge is 2.24. The van der Waals surface area contributed by atoms with Gasteiger partial charge in [0.05, 0.1) is 23.1 Å². The molecular formula is C20H20ClN5O2S. The van der Waals surface area contributed by atoms with Crippen molar-refractivity contribution in [3.63, 3.8) is 0 Å². The molecule has 1 fully saturated rings. The summed E-state index contributed by atoms with van der Waals surface area (Å²) in [7, 11) is -3.44. The molecule has 29 heavy (non-hydrogen) atoms. The molecule has 150 valence electrons. The molecule has 4 aromatic rings. The van der Waals surface area contributed by atoms with Crippen molar-refractivity contribution >= 4 is 43.4 Å². The zero-order chi connectivity index (χ0) is 20.2. The van der Waals surface area contributed by atoms with Crippen molar-refractivity contribution in [1.82, 2.24) is 24.6 Å². The van der Waals surface area contributed by atoms with Gasteiger partial charge in [-0.3, -0.25) is 4.68 Å². The van der Waals surface area contributed by atoms with Crippen LogP contribution < -0.4 is 5.32 Å². The van der Waals surface area contributed by atoms with E-state index in [1.165, 1.54) is 6.26 Å². The van der Waals surface area contributed by atoms with Crippen LogP contribution in [0.15, 0.2) is 47.5 Å². The lowest BCUT2D eigenvalue weighted by molar-refractivity contribution is 0.516. The van der Waals surface area contributed by atoms with E-state index in [1.54, 1.807) is 10.7 Å². The molecule has 0 radical (unpaired) electrons. The van der Waals surface area contributed by atoms with Gasteiger partial charge < -0.3 is 9.88 Å². The lowest BCUT2D eigenvalue weighted by Crippen LogP contribution is -2.17.